The summed E-state index contributed by atoms with van der Waals surface area (Å²) in [4.78, 5) is 13.1. The normalized spacial score (nSPS) is 19.6. The van der Waals surface area contributed by atoms with E-state index < -0.39 is 0 Å². The van der Waals surface area contributed by atoms with Crippen LogP contribution in [0.1, 0.15) is 11.3 Å². The first-order valence-electron chi connectivity index (χ1n) is 8.97. The Morgan fingerprint density at radius 3 is 3.04 bits per heavy atom. The van der Waals surface area contributed by atoms with Gasteiger partial charge in [0, 0.05) is 30.8 Å². The number of halogens is 1. The number of hydrogen-bond acceptors (Lipinski definition) is 7. The van der Waals surface area contributed by atoms with E-state index in [0.717, 1.165) is 24.3 Å². The minimum Gasteiger partial charge on any atom is -0.374 e. The monoisotopic (exact) mass is 368 g/mol. The minimum atomic E-state index is -0.317. The summed E-state index contributed by atoms with van der Waals surface area (Å²) >= 11 is 0. The van der Waals surface area contributed by atoms with Crippen LogP contribution in [-0.2, 0) is 17.8 Å². The lowest BCUT2D eigenvalue weighted by atomic mass is 10.1. The molecule has 1 saturated heterocycles. The third-order valence-electron chi connectivity index (χ3n) is 4.85. The van der Waals surface area contributed by atoms with Crippen molar-refractivity contribution in [2.75, 3.05) is 38.6 Å². The van der Waals surface area contributed by atoms with Crippen LogP contribution < -0.4 is 5.32 Å². The van der Waals surface area contributed by atoms with E-state index >= 15 is 0 Å². The van der Waals surface area contributed by atoms with Crippen molar-refractivity contribution < 1.29 is 9.13 Å². The molecule has 1 N–H and O–H groups in total. The van der Waals surface area contributed by atoms with Crippen molar-refractivity contribution in [1.82, 2.24) is 19.8 Å². The van der Waals surface area contributed by atoms with E-state index in [1.807, 2.05) is 6.07 Å². The van der Waals surface area contributed by atoms with Crippen LogP contribution >= 0.6 is 0 Å². The molecule has 2 aromatic rings. The molecule has 1 fully saturated rings. The number of aromatic nitrogens is 2. The number of fused-ring (bicyclic) bond motifs is 1. The molecule has 1 atom stereocenters. The van der Waals surface area contributed by atoms with Gasteiger partial charge in [0.1, 0.15) is 5.82 Å². The summed E-state index contributed by atoms with van der Waals surface area (Å²) in [5.74, 6) is 0.160. The van der Waals surface area contributed by atoms with Crippen LogP contribution in [0.2, 0.25) is 0 Å². The van der Waals surface area contributed by atoms with Gasteiger partial charge in [0.15, 0.2) is 6.19 Å². The third kappa shape index (κ3) is 3.84. The molecule has 27 heavy (non-hydrogen) atoms. The lowest BCUT2D eigenvalue weighted by molar-refractivity contribution is -0.0117. The van der Waals surface area contributed by atoms with Crippen LogP contribution in [0.4, 0.5) is 10.3 Å². The summed E-state index contributed by atoms with van der Waals surface area (Å²) in [5.41, 5.74) is 3.03. The van der Waals surface area contributed by atoms with Crippen molar-refractivity contribution in [3.63, 3.8) is 0 Å². The Morgan fingerprint density at radius 1 is 1.37 bits per heavy atom. The van der Waals surface area contributed by atoms with E-state index in [0.29, 0.717) is 43.4 Å². The van der Waals surface area contributed by atoms with Crippen molar-refractivity contribution >= 4 is 5.95 Å². The number of rotatable bonds is 4. The summed E-state index contributed by atoms with van der Waals surface area (Å²) in [5, 5.41) is 12.5. The second-order valence-electron chi connectivity index (χ2n) is 6.92. The van der Waals surface area contributed by atoms with Gasteiger partial charge < -0.3 is 19.9 Å². The van der Waals surface area contributed by atoms with Crippen molar-refractivity contribution in [1.29, 1.82) is 5.26 Å². The molecule has 0 amide bonds. The minimum absolute atomic E-state index is 0.0637. The van der Waals surface area contributed by atoms with E-state index in [4.69, 9.17) is 4.74 Å². The first-order valence-corrected chi connectivity index (χ1v) is 8.97. The highest BCUT2D eigenvalue weighted by molar-refractivity contribution is 5.66. The molecule has 0 spiro atoms. The van der Waals surface area contributed by atoms with Crippen LogP contribution in [-0.4, -0.2) is 59.2 Å². The quantitative estimate of drug-likeness (QED) is 0.825. The van der Waals surface area contributed by atoms with Crippen molar-refractivity contribution in [2.45, 2.75) is 19.2 Å². The van der Waals surface area contributed by atoms with Gasteiger partial charge in [0.05, 0.1) is 37.2 Å². The lowest BCUT2D eigenvalue weighted by Gasteiger charge is -2.30. The van der Waals surface area contributed by atoms with E-state index in [1.165, 1.54) is 12.1 Å². The average molecular weight is 368 g/mol. The summed E-state index contributed by atoms with van der Waals surface area (Å²) in [6.45, 7) is 3.95. The molecule has 1 aromatic heterocycles. The zero-order chi connectivity index (χ0) is 18.8. The highest BCUT2D eigenvalue weighted by Gasteiger charge is 2.26. The lowest BCUT2D eigenvalue weighted by Crippen LogP contribution is -2.43. The van der Waals surface area contributed by atoms with E-state index in [2.05, 4.69) is 33.4 Å². The number of benzene rings is 1. The SMILES string of the molecule is CN1CCOC(CNc2nc3c(c(-c4cccc(F)c4)n2)CN(C#N)C3)C1. The molecular weight excluding hydrogens is 347 g/mol. The molecular formula is C19H21FN6O. The molecule has 2 aliphatic heterocycles. The fourth-order valence-electron chi connectivity index (χ4n) is 3.47. The van der Waals surface area contributed by atoms with Gasteiger partial charge in [0.25, 0.3) is 0 Å². The van der Waals surface area contributed by atoms with E-state index in [-0.39, 0.29) is 11.9 Å². The molecule has 0 aliphatic carbocycles. The number of nitriles is 1. The van der Waals surface area contributed by atoms with Gasteiger partial charge in [-0.05, 0) is 19.2 Å². The highest BCUT2D eigenvalue weighted by Crippen LogP contribution is 2.31. The fourth-order valence-corrected chi connectivity index (χ4v) is 3.47. The Labute approximate surface area is 157 Å². The largest absolute Gasteiger partial charge is 0.374 e. The van der Waals surface area contributed by atoms with Crippen LogP contribution in [0.5, 0.6) is 0 Å². The van der Waals surface area contributed by atoms with Gasteiger partial charge in [-0.1, -0.05) is 12.1 Å². The van der Waals surface area contributed by atoms with Gasteiger partial charge in [-0.25, -0.2) is 14.4 Å². The van der Waals surface area contributed by atoms with Gasteiger partial charge in [-0.15, -0.1) is 0 Å². The summed E-state index contributed by atoms with van der Waals surface area (Å²) in [6.07, 6.45) is 2.22. The maximum absolute atomic E-state index is 13.7. The Balaban J connectivity index is 1.61. The molecule has 1 unspecified atom stereocenters. The van der Waals surface area contributed by atoms with Crippen LogP contribution in [0.3, 0.4) is 0 Å². The van der Waals surface area contributed by atoms with E-state index in [1.54, 1.807) is 11.0 Å². The number of morpholine rings is 1. The van der Waals surface area contributed by atoms with E-state index in [9.17, 15) is 9.65 Å². The Bertz CT molecular complexity index is 883. The van der Waals surface area contributed by atoms with Crippen molar-refractivity contribution in [3.05, 3.63) is 41.3 Å². The van der Waals surface area contributed by atoms with Crippen molar-refractivity contribution in [2.24, 2.45) is 0 Å². The number of ether oxygens (including phenoxy) is 1. The standard InChI is InChI=1S/C19H21FN6O/c1-25-5-6-27-15(9-25)8-22-19-23-17-11-26(12-21)10-16(17)18(24-19)13-3-2-4-14(20)7-13/h2-4,7,15H,5-6,8-11H2,1H3,(H,22,23,24). The molecule has 0 radical (unpaired) electrons. The molecule has 1 aromatic carbocycles. The van der Waals surface area contributed by atoms with Gasteiger partial charge in [0.2, 0.25) is 5.95 Å². The molecule has 2 aliphatic rings. The van der Waals surface area contributed by atoms with Crippen LogP contribution in [0.15, 0.2) is 24.3 Å². The predicted octanol–water partition coefficient (Wildman–Crippen LogP) is 1.82. The van der Waals surface area contributed by atoms with Crippen molar-refractivity contribution in [3.8, 4) is 17.5 Å². The second-order valence-corrected chi connectivity index (χ2v) is 6.92. The fraction of sp³-hybridized carbons (Fsp3) is 0.421. The molecule has 4 rings (SSSR count). The zero-order valence-corrected chi connectivity index (χ0v) is 15.2. The molecule has 8 heteroatoms. The predicted molar refractivity (Wildman–Crippen MR) is 98.0 cm³/mol. The van der Waals surface area contributed by atoms with Gasteiger partial charge in [-0.2, -0.15) is 5.26 Å². The van der Waals surface area contributed by atoms with Crippen LogP contribution in [0.25, 0.3) is 11.3 Å². The number of nitrogens with one attached hydrogen (secondary N) is 1. The summed E-state index contributed by atoms with van der Waals surface area (Å²) < 4.78 is 19.5. The second kappa shape index (κ2) is 7.47. The first kappa shape index (κ1) is 17.6. The summed E-state index contributed by atoms with van der Waals surface area (Å²) in [6, 6.07) is 6.35. The molecule has 7 nitrogen and oxygen atoms in total. The average Bonchev–Trinajstić information content (AvgIpc) is 3.09. The van der Waals surface area contributed by atoms with Gasteiger partial charge in [-0.3, -0.25) is 0 Å². The third-order valence-corrected chi connectivity index (χ3v) is 4.85. The maximum atomic E-state index is 13.7. The van der Waals surface area contributed by atoms with Crippen LogP contribution in [0, 0.1) is 17.3 Å². The molecule has 0 saturated carbocycles. The highest BCUT2D eigenvalue weighted by atomic mass is 19.1. The maximum Gasteiger partial charge on any atom is 0.223 e. The van der Waals surface area contributed by atoms with Gasteiger partial charge >= 0.3 is 0 Å². The number of nitrogens with zero attached hydrogens (tertiary/aromatic N) is 5. The number of anilines is 1. The molecule has 140 valence electrons. The molecule has 3 heterocycles. The zero-order valence-electron chi connectivity index (χ0n) is 15.2. The Hall–Kier alpha value is -2.76. The Kier molecular flexibility index (Phi) is 4.88. The summed E-state index contributed by atoms with van der Waals surface area (Å²) in [7, 11) is 2.07. The topological polar surface area (TPSA) is 77.3 Å². The number of likely N-dealkylation sites (N-methyl/N-ethyl adjacent to an activating group) is 1. The first-order chi connectivity index (χ1) is 13.1. The Morgan fingerprint density at radius 2 is 2.26 bits per heavy atom. The smallest absolute Gasteiger partial charge is 0.223 e. The number of hydrogen-bond donors (Lipinski definition) is 1. The molecule has 0 bridgehead atoms.